The quantitative estimate of drug-likeness (QED) is 0.211. The predicted octanol–water partition coefficient (Wildman–Crippen LogP) is 2.79. The summed E-state index contributed by atoms with van der Waals surface area (Å²) in [5.74, 6) is -0.275. The highest BCUT2D eigenvalue weighted by Gasteiger charge is 2.53. The van der Waals surface area contributed by atoms with E-state index >= 15 is 0 Å². The molecule has 3 amide bonds. The molecule has 0 aromatic heterocycles. The van der Waals surface area contributed by atoms with Gasteiger partial charge in [0.15, 0.2) is 0 Å². The maximum Gasteiger partial charge on any atom is 0.407 e. The Kier molecular flexibility index (Phi) is 13.1. The molecule has 1 aromatic rings. The van der Waals surface area contributed by atoms with E-state index in [2.05, 4.69) is 20.9 Å². The monoisotopic (exact) mass is 587 g/mol. The van der Waals surface area contributed by atoms with Crippen molar-refractivity contribution in [2.75, 3.05) is 39.5 Å². The average Bonchev–Trinajstić information content (AvgIpc) is 2.98. The van der Waals surface area contributed by atoms with Crippen molar-refractivity contribution < 1.29 is 28.7 Å². The summed E-state index contributed by atoms with van der Waals surface area (Å²) in [6, 6.07) is 8.53. The van der Waals surface area contributed by atoms with Crippen LogP contribution in [0.15, 0.2) is 30.3 Å². The molecule has 0 radical (unpaired) electrons. The lowest BCUT2D eigenvalue weighted by Gasteiger charge is -2.51. The van der Waals surface area contributed by atoms with Gasteiger partial charge >= 0.3 is 12.1 Å². The first kappa shape index (κ1) is 33.3. The SMILES string of the molecule is CCCN1C(=O)[C@H](CCCCNC(=O)OCc2ccccc2)NC(=O)C12CCN(CNC(C(=O)OCC)C(C)C)CC2. The Balaban J connectivity index is 1.45. The van der Waals surface area contributed by atoms with Crippen LogP contribution in [-0.4, -0.2) is 90.8 Å². The fourth-order valence-electron chi connectivity index (χ4n) is 5.69. The Morgan fingerprint density at radius 3 is 2.43 bits per heavy atom. The first-order valence-electron chi connectivity index (χ1n) is 15.4. The van der Waals surface area contributed by atoms with E-state index in [-0.39, 0.29) is 30.3 Å². The molecule has 3 N–H and O–H groups in total. The summed E-state index contributed by atoms with van der Waals surface area (Å²) in [6.07, 6.45) is 3.24. The Bertz CT molecular complexity index is 1030. The summed E-state index contributed by atoms with van der Waals surface area (Å²) in [5, 5.41) is 9.09. The maximum absolute atomic E-state index is 13.6. The van der Waals surface area contributed by atoms with Gasteiger partial charge in [0, 0.05) is 32.8 Å². The zero-order valence-corrected chi connectivity index (χ0v) is 25.7. The van der Waals surface area contributed by atoms with E-state index < -0.39 is 23.7 Å². The number of esters is 1. The van der Waals surface area contributed by atoms with Crippen LogP contribution >= 0.6 is 0 Å². The highest BCUT2D eigenvalue weighted by Crippen LogP contribution is 2.33. The van der Waals surface area contributed by atoms with E-state index in [4.69, 9.17) is 9.47 Å². The van der Waals surface area contributed by atoms with Gasteiger partial charge in [0.1, 0.15) is 24.2 Å². The number of nitrogens with zero attached hydrogens (tertiary/aromatic N) is 2. The third-order valence-corrected chi connectivity index (χ3v) is 8.08. The fraction of sp³-hybridized carbons (Fsp3) is 0.677. The third kappa shape index (κ3) is 8.91. The number of alkyl carbamates (subject to hydrolysis) is 1. The van der Waals surface area contributed by atoms with E-state index in [1.165, 1.54) is 0 Å². The second-order valence-corrected chi connectivity index (χ2v) is 11.5. The topological polar surface area (TPSA) is 129 Å². The molecule has 11 heteroatoms. The van der Waals surface area contributed by atoms with Crippen molar-refractivity contribution in [2.24, 2.45) is 5.92 Å². The van der Waals surface area contributed by atoms with Crippen LogP contribution in [0.1, 0.15) is 71.8 Å². The summed E-state index contributed by atoms with van der Waals surface area (Å²) in [5.41, 5.74) is 0.0765. The highest BCUT2D eigenvalue weighted by atomic mass is 16.5. The van der Waals surface area contributed by atoms with Crippen LogP contribution < -0.4 is 16.0 Å². The Hall–Kier alpha value is -3.18. The molecule has 3 rings (SSSR count). The average molecular weight is 588 g/mol. The van der Waals surface area contributed by atoms with Crippen LogP contribution in [-0.2, 0) is 30.5 Å². The number of nitrogens with one attached hydrogen (secondary N) is 3. The van der Waals surface area contributed by atoms with E-state index in [9.17, 15) is 19.2 Å². The first-order chi connectivity index (χ1) is 20.2. The van der Waals surface area contributed by atoms with Crippen molar-refractivity contribution in [1.82, 2.24) is 25.8 Å². The molecule has 1 spiro atoms. The molecular formula is C31H49N5O6. The lowest BCUT2D eigenvalue weighted by molar-refractivity contribution is -0.161. The number of carbonyl (C=O) groups excluding carboxylic acids is 4. The number of benzene rings is 1. The molecule has 2 aliphatic rings. The van der Waals surface area contributed by atoms with Crippen molar-refractivity contribution in [1.29, 1.82) is 0 Å². The van der Waals surface area contributed by atoms with Crippen LogP contribution in [0, 0.1) is 5.92 Å². The van der Waals surface area contributed by atoms with Gasteiger partial charge in [0.05, 0.1) is 6.61 Å². The Labute approximate surface area is 250 Å². The second kappa shape index (κ2) is 16.5. The molecule has 2 atom stereocenters. The van der Waals surface area contributed by atoms with Gasteiger partial charge in [-0.2, -0.15) is 0 Å². The zero-order chi connectivity index (χ0) is 30.5. The molecule has 0 aliphatic carbocycles. The molecule has 2 saturated heterocycles. The summed E-state index contributed by atoms with van der Waals surface area (Å²) < 4.78 is 10.4. The second-order valence-electron chi connectivity index (χ2n) is 11.5. The summed E-state index contributed by atoms with van der Waals surface area (Å²) in [7, 11) is 0. The first-order valence-corrected chi connectivity index (χ1v) is 15.4. The predicted molar refractivity (Wildman–Crippen MR) is 159 cm³/mol. The number of ether oxygens (including phenoxy) is 2. The van der Waals surface area contributed by atoms with Crippen LogP contribution in [0.2, 0.25) is 0 Å². The zero-order valence-electron chi connectivity index (χ0n) is 25.7. The van der Waals surface area contributed by atoms with Crippen molar-refractivity contribution in [3.8, 4) is 0 Å². The molecule has 2 fully saturated rings. The summed E-state index contributed by atoms with van der Waals surface area (Å²) in [6.45, 7) is 11.1. The van der Waals surface area contributed by atoms with Crippen molar-refractivity contribution >= 4 is 23.9 Å². The third-order valence-electron chi connectivity index (χ3n) is 8.08. The molecule has 0 saturated carbocycles. The normalized spacial score (nSPS) is 19.5. The maximum atomic E-state index is 13.6. The lowest BCUT2D eigenvalue weighted by Crippen LogP contribution is -2.73. The molecule has 234 valence electrons. The number of hydrogen-bond donors (Lipinski definition) is 3. The van der Waals surface area contributed by atoms with Crippen molar-refractivity contribution in [2.45, 2.75) is 90.4 Å². The standard InChI is InChI=1S/C31H49N5O6/c1-5-18-36-27(37)25(14-10-11-17-32-30(40)42-21-24-12-8-7-9-13-24)34-29(39)31(36)15-19-35(20-16-31)22-33-26(23(3)4)28(38)41-6-2/h7-9,12-13,23,25-26,33H,5-6,10-11,14-22H2,1-4H3,(H,32,40)(H,34,39)/t25-,26?/m0/s1. The van der Waals surface area contributed by atoms with Gasteiger partial charge in [0.25, 0.3) is 0 Å². The van der Waals surface area contributed by atoms with Gasteiger partial charge in [0.2, 0.25) is 11.8 Å². The van der Waals surface area contributed by atoms with E-state index in [0.717, 1.165) is 12.0 Å². The Morgan fingerprint density at radius 1 is 1.07 bits per heavy atom. The molecule has 1 aromatic carbocycles. The number of amides is 3. The van der Waals surface area contributed by atoms with Gasteiger partial charge in [-0.1, -0.05) is 51.1 Å². The number of carbonyl (C=O) groups is 4. The molecular weight excluding hydrogens is 538 g/mol. The molecule has 0 bridgehead atoms. The van der Waals surface area contributed by atoms with Gasteiger partial charge in [-0.25, -0.2) is 4.79 Å². The molecule has 2 heterocycles. The summed E-state index contributed by atoms with van der Waals surface area (Å²) >= 11 is 0. The lowest BCUT2D eigenvalue weighted by atomic mass is 9.81. The minimum atomic E-state index is -0.844. The number of hydrogen-bond acceptors (Lipinski definition) is 8. The van der Waals surface area contributed by atoms with Crippen LogP contribution in [0.4, 0.5) is 4.79 Å². The van der Waals surface area contributed by atoms with Gasteiger partial charge in [-0.15, -0.1) is 0 Å². The van der Waals surface area contributed by atoms with Crippen LogP contribution in [0.5, 0.6) is 0 Å². The van der Waals surface area contributed by atoms with E-state index in [1.54, 1.807) is 6.92 Å². The van der Waals surface area contributed by atoms with E-state index in [0.29, 0.717) is 71.6 Å². The highest BCUT2D eigenvalue weighted by molar-refractivity contribution is 6.00. The van der Waals surface area contributed by atoms with E-state index in [1.807, 2.05) is 56.0 Å². The number of piperidine rings is 1. The van der Waals surface area contributed by atoms with Crippen LogP contribution in [0.25, 0.3) is 0 Å². The van der Waals surface area contributed by atoms with Crippen LogP contribution in [0.3, 0.4) is 0 Å². The summed E-state index contributed by atoms with van der Waals surface area (Å²) in [4.78, 5) is 55.4. The smallest absolute Gasteiger partial charge is 0.407 e. The Morgan fingerprint density at radius 2 is 1.79 bits per heavy atom. The van der Waals surface area contributed by atoms with Crippen molar-refractivity contribution in [3.05, 3.63) is 35.9 Å². The van der Waals surface area contributed by atoms with Gasteiger partial charge in [-0.3, -0.25) is 24.6 Å². The number of piperazine rings is 1. The number of unbranched alkanes of at least 4 members (excludes halogenated alkanes) is 1. The number of rotatable bonds is 15. The van der Waals surface area contributed by atoms with Gasteiger partial charge < -0.3 is 25.0 Å². The molecule has 2 aliphatic heterocycles. The minimum Gasteiger partial charge on any atom is -0.465 e. The minimum absolute atomic E-state index is 0.0274. The molecule has 1 unspecified atom stereocenters. The molecule has 11 nitrogen and oxygen atoms in total. The number of likely N-dealkylation sites (tertiary alicyclic amines) is 1. The molecule has 42 heavy (non-hydrogen) atoms. The van der Waals surface area contributed by atoms with Gasteiger partial charge in [-0.05, 0) is 56.9 Å². The fourth-order valence-corrected chi connectivity index (χ4v) is 5.69. The van der Waals surface area contributed by atoms with Crippen molar-refractivity contribution in [3.63, 3.8) is 0 Å². The largest absolute Gasteiger partial charge is 0.465 e.